The minimum atomic E-state index is -0.470. The lowest BCUT2D eigenvalue weighted by Gasteiger charge is -2.22. The van der Waals surface area contributed by atoms with Crippen LogP contribution in [0.1, 0.15) is 12.8 Å². The lowest BCUT2D eigenvalue weighted by atomic mass is 9.89. The van der Waals surface area contributed by atoms with Crippen molar-refractivity contribution in [1.29, 1.82) is 0 Å². The summed E-state index contributed by atoms with van der Waals surface area (Å²) in [6.07, 6.45) is -0.656. The van der Waals surface area contributed by atoms with Crippen molar-refractivity contribution in [2.75, 3.05) is 0 Å². The van der Waals surface area contributed by atoms with Gasteiger partial charge in [-0.05, 0) is 36.5 Å². The molecule has 4 nitrogen and oxygen atoms in total. The van der Waals surface area contributed by atoms with Gasteiger partial charge in [0.2, 0.25) is 0 Å². The van der Waals surface area contributed by atoms with Crippen LogP contribution in [0.5, 0.6) is 0 Å². The molecule has 0 aromatic heterocycles. The zero-order valence-corrected chi connectivity index (χ0v) is 8.98. The largest absolute Gasteiger partial charge is 0.393 e. The van der Waals surface area contributed by atoms with Crippen LogP contribution in [0, 0.1) is 35.5 Å². The zero-order chi connectivity index (χ0) is 11.2. The third-order valence-corrected chi connectivity index (χ3v) is 5.90. The van der Waals surface area contributed by atoms with Crippen molar-refractivity contribution in [3.05, 3.63) is 0 Å². The summed E-state index contributed by atoms with van der Waals surface area (Å²) in [5.41, 5.74) is 0. The van der Waals surface area contributed by atoms with Crippen LogP contribution in [-0.4, -0.2) is 44.8 Å². The van der Waals surface area contributed by atoms with Crippen molar-refractivity contribution in [1.82, 2.24) is 0 Å². The minimum Gasteiger partial charge on any atom is -0.393 e. The summed E-state index contributed by atoms with van der Waals surface area (Å²) in [6.45, 7) is 0. The molecule has 4 rings (SSSR count). The highest BCUT2D eigenvalue weighted by Gasteiger charge is 2.71. The summed E-state index contributed by atoms with van der Waals surface area (Å²) in [7, 11) is 0. The van der Waals surface area contributed by atoms with Gasteiger partial charge in [-0.3, -0.25) is 0 Å². The fraction of sp³-hybridized carbons (Fsp3) is 1.00. The molecule has 0 bridgehead atoms. The molecule has 4 heteroatoms. The monoisotopic (exact) mass is 226 g/mol. The van der Waals surface area contributed by atoms with E-state index < -0.39 is 24.4 Å². The van der Waals surface area contributed by atoms with Crippen molar-refractivity contribution in [2.24, 2.45) is 35.5 Å². The maximum absolute atomic E-state index is 10.2. The van der Waals surface area contributed by atoms with E-state index in [2.05, 4.69) is 0 Å². The Hall–Kier alpha value is -0.160. The molecule has 10 atom stereocenters. The van der Waals surface area contributed by atoms with Gasteiger partial charge in [0.05, 0.1) is 24.4 Å². The van der Waals surface area contributed by atoms with Gasteiger partial charge in [0.25, 0.3) is 0 Å². The van der Waals surface area contributed by atoms with E-state index in [0.717, 1.165) is 0 Å². The SMILES string of the molecule is O[C@@H]1[C@@H]2C[C@@H](O)[C@@H]3[C@H](O)[C@@H]4C[C@@H](O)[C@H]1[C@@H]4[C@H]23. The molecule has 4 N–H and O–H groups in total. The Labute approximate surface area is 93.9 Å². The number of aliphatic hydroxyl groups excluding tert-OH is 4. The van der Waals surface area contributed by atoms with Crippen LogP contribution in [0.2, 0.25) is 0 Å². The second-order valence-corrected chi connectivity index (χ2v) is 6.22. The van der Waals surface area contributed by atoms with Crippen LogP contribution in [0.4, 0.5) is 0 Å². The first-order chi connectivity index (χ1) is 7.61. The number of rotatable bonds is 0. The van der Waals surface area contributed by atoms with Gasteiger partial charge >= 0.3 is 0 Å². The summed E-state index contributed by atoms with van der Waals surface area (Å²) in [4.78, 5) is 0. The molecule has 90 valence electrons. The maximum Gasteiger partial charge on any atom is 0.0627 e. The molecular formula is C12H18O4. The van der Waals surface area contributed by atoms with Crippen molar-refractivity contribution in [3.63, 3.8) is 0 Å². The van der Waals surface area contributed by atoms with E-state index in [1.807, 2.05) is 0 Å². The maximum atomic E-state index is 10.2. The predicted octanol–water partition coefficient (Wildman–Crippen LogP) is -1.04. The molecule has 0 saturated heterocycles. The van der Waals surface area contributed by atoms with Crippen LogP contribution in [0.3, 0.4) is 0 Å². The summed E-state index contributed by atoms with van der Waals surface area (Å²) < 4.78 is 0. The van der Waals surface area contributed by atoms with Gasteiger partial charge in [0, 0.05) is 11.8 Å². The highest BCUT2D eigenvalue weighted by Crippen LogP contribution is 2.67. The second kappa shape index (κ2) is 2.80. The van der Waals surface area contributed by atoms with Gasteiger partial charge < -0.3 is 20.4 Å². The summed E-state index contributed by atoms with van der Waals surface area (Å²) >= 11 is 0. The average Bonchev–Trinajstić information content (AvgIpc) is 2.86. The van der Waals surface area contributed by atoms with E-state index in [1.54, 1.807) is 0 Å². The molecule has 0 aromatic rings. The molecule has 4 aliphatic carbocycles. The van der Waals surface area contributed by atoms with Gasteiger partial charge in [-0.2, -0.15) is 0 Å². The smallest absolute Gasteiger partial charge is 0.0627 e. The molecule has 0 aliphatic heterocycles. The van der Waals surface area contributed by atoms with E-state index in [-0.39, 0.29) is 35.5 Å². The first-order valence-corrected chi connectivity index (χ1v) is 6.33. The Bertz CT molecular complexity index is 301. The summed E-state index contributed by atoms with van der Waals surface area (Å²) in [5, 5.41) is 40.4. The van der Waals surface area contributed by atoms with Crippen LogP contribution in [-0.2, 0) is 0 Å². The Balaban J connectivity index is 1.81. The molecular weight excluding hydrogens is 208 g/mol. The molecule has 0 aromatic carbocycles. The van der Waals surface area contributed by atoms with Gasteiger partial charge in [0.1, 0.15) is 0 Å². The van der Waals surface area contributed by atoms with Gasteiger partial charge in [-0.1, -0.05) is 0 Å². The third-order valence-electron chi connectivity index (χ3n) is 5.90. The van der Waals surface area contributed by atoms with E-state index in [0.29, 0.717) is 12.8 Å². The van der Waals surface area contributed by atoms with Gasteiger partial charge in [-0.15, -0.1) is 0 Å². The lowest BCUT2D eigenvalue weighted by molar-refractivity contribution is -0.000396. The van der Waals surface area contributed by atoms with Crippen molar-refractivity contribution >= 4 is 0 Å². The highest BCUT2D eigenvalue weighted by atomic mass is 16.3. The average molecular weight is 226 g/mol. The Morgan fingerprint density at radius 2 is 0.938 bits per heavy atom. The molecule has 0 radical (unpaired) electrons. The van der Waals surface area contributed by atoms with Crippen LogP contribution in [0.15, 0.2) is 0 Å². The Morgan fingerprint density at radius 1 is 0.562 bits per heavy atom. The quantitative estimate of drug-likeness (QED) is 0.425. The molecule has 4 saturated carbocycles. The minimum absolute atomic E-state index is 0.0489. The first kappa shape index (κ1) is 9.83. The molecule has 0 spiro atoms. The molecule has 4 fully saturated rings. The predicted molar refractivity (Wildman–Crippen MR) is 54.2 cm³/mol. The summed E-state index contributed by atoms with van der Waals surface area (Å²) in [6, 6.07) is 0. The second-order valence-electron chi connectivity index (χ2n) is 6.22. The highest BCUT2D eigenvalue weighted by molar-refractivity contribution is 5.19. The van der Waals surface area contributed by atoms with E-state index in [1.165, 1.54) is 0 Å². The topological polar surface area (TPSA) is 80.9 Å². The van der Waals surface area contributed by atoms with Crippen molar-refractivity contribution in [3.8, 4) is 0 Å². The Kier molecular flexibility index (Phi) is 1.72. The van der Waals surface area contributed by atoms with Gasteiger partial charge in [0.15, 0.2) is 0 Å². The normalized spacial score (nSPS) is 71.2. The lowest BCUT2D eigenvalue weighted by Crippen LogP contribution is -2.31. The standard InChI is InChI=1S/C12H18O4/c13-5-1-3-7-8-4(12(16)9(5)7)2-6(14)10(8)11(3)15/h3-16H,1-2H2/t3-,4-,5-,6-,7+,8+,9+,10+,11-,12-/m1/s1. The molecule has 4 aliphatic rings. The number of aliphatic hydroxyl groups is 4. The number of hydrogen-bond acceptors (Lipinski definition) is 4. The fourth-order valence-corrected chi connectivity index (χ4v) is 5.57. The summed E-state index contributed by atoms with van der Waals surface area (Å²) in [5.74, 6) is 0.591. The van der Waals surface area contributed by atoms with Gasteiger partial charge in [-0.25, -0.2) is 0 Å². The zero-order valence-electron chi connectivity index (χ0n) is 8.98. The van der Waals surface area contributed by atoms with Crippen LogP contribution >= 0.6 is 0 Å². The van der Waals surface area contributed by atoms with E-state index in [9.17, 15) is 20.4 Å². The molecule has 0 unspecified atom stereocenters. The van der Waals surface area contributed by atoms with Crippen LogP contribution < -0.4 is 0 Å². The Morgan fingerprint density at radius 3 is 1.31 bits per heavy atom. The molecule has 0 heterocycles. The third kappa shape index (κ3) is 0.849. The van der Waals surface area contributed by atoms with E-state index in [4.69, 9.17) is 0 Å². The molecule has 0 amide bonds. The van der Waals surface area contributed by atoms with Crippen molar-refractivity contribution in [2.45, 2.75) is 37.3 Å². The fourth-order valence-electron chi connectivity index (χ4n) is 5.57. The number of hydrogen-bond donors (Lipinski definition) is 4. The van der Waals surface area contributed by atoms with Crippen molar-refractivity contribution < 1.29 is 20.4 Å². The first-order valence-electron chi connectivity index (χ1n) is 6.33. The van der Waals surface area contributed by atoms with E-state index >= 15 is 0 Å². The molecule has 16 heavy (non-hydrogen) atoms. The van der Waals surface area contributed by atoms with Crippen LogP contribution in [0.25, 0.3) is 0 Å².